The molecule has 0 bridgehead atoms. The van der Waals surface area contributed by atoms with Crippen molar-refractivity contribution in [3.63, 3.8) is 0 Å². The second-order valence-corrected chi connectivity index (χ2v) is 6.80. The molecule has 1 aromatic rings. The summed E-state index contributed by atoms with van der Waals surface area (Å²) in [7, 11) is 0. The number of nitrogens with two attached hydrogens (primary N) is 1. The smallest absolute Gasteiger partial charge is 0.0168 e. The topological polar surface area (TPSA) is 38.0 Å². The maximum atomic E-state index is 6.20. The highest BCUT2D eigenvalue weighted by Gasteiger charge is 2.30. The van der Waals surface area contributed by atoms with E-state index in [0.717, 1.165) is 19.4 Å². The lowest BCUT2D eigenvalue weighted by molar-refractivity contribution is 0.361. The van der Waals surface area contributed by atoms with Crippen LogP contribution in [0.15, 0.2) is 30.3 Å². The zero-order valence-electron chi connectivity index (χ0n) is 12.4. The molecular formula is C17H28N2. The van der Waals surface area contributed by atoms with E-state index in [1.807, 2.05) is 0 Å². The fourth-order valence-corrected chi connectivity index (χ4v) is 3.03. The summed E-state index contributed by atoms with van der Waals surface area (Å²) < 4.78 is 0. The quantitative estimate of drug-likeness (QED) is 0.825. The zero-order valence-corrected chi connectivity index (χ0v) is 12.4. The Bertz CT molecular complexity index is 372. The van der Waals surface area contributed by atoms with Gasteiger partial charge in [0, 0.05) is 18.6 Å². The molecule has 2 rings (SSSR count). The van der Waals surface area contributed by atoms with Crippen LogP contribution in [0, 0.1) is 5.41 Å². The van der Waals surface area contributed by atoms with Crippen LogP contribution in [0.2, 0.25) is 0 Å². The maximum absolute atomic E-state index is 6.20. The van der Waals surface area contributed by atoms with Gasteiger partial charge in [-0.25, -0.2) is 0 Å². The Morgan fingerprint density at radius 2 is 2.05 bits per heavy atom. The molecule has 0 spiro atoms. The van der Waals surface area contributed by atoms with Gasteiger partial charge in [-0.2, -0.15) is 0 Å². The molecule has 2 nitrogen and oxygen atoms in total. The highest BCUT2D eigenvalue weighted by atomic mass is 14.9. The van der Waals surface area contributed by atoms with Crippen LogP contribution in [0.3, 0.4) is 0 Å². The summed E-state index contributed by atoms with van der Waals surface area (Å²) in [4.78, 5) is 0. The molecule has 2 unspecified atom stereocenters. The molecule has 1 aromatic carbocycles. The van der Waals surface area contributed by atoms with Crippen molar-refractivity contribution in [2.75, 3.05) is 6.54 Å². The molecule has 0 heterocycles. The van der Waals surface area contributed by atoms with E-state index in [1.54, 1.807) is 0 Å². The van der Waals surface area contributed by atoms with Gasteiger partial charge < -0.3 is 11.1 Å². The SMILES string of the molecule is CC1(C)CCC(NCC(N)CCc2ccccc2)C1. The normalized spacial score (nSPS) is 23.4. The summed E-state index contributed by atoms with van der Waals surface area (Å²) >= 11 is 0. The lowest BCUT2D eigenvalue weighted by Gasteiger charge is -2.20. The van der Waals surface area contributed by atoms with Crippen molar-refractivity contribution in [3.8, 4) is 0 Å². The third-order valence-corrected chi connectivity index (χ3v) is 4.28. The molecule has 1 aliphatic rings. The van der Waals surface area contributed by atoms with Crippen molar-refractivity contribution >= 4 is 0 Å². The van der Waals surface area contributed by atoms with E-state index in [2.05, 4.69) is 49.5 Å². The minimum Gasteiger partial charge on any atom is -0.327 e. The second-order valence-electron chi connectivity index (χ2n) is 6.80. The van der Waals surface area contributed by atoms with Crippen molar-refractivity contribution < 1.29 is 0 Å². The van der Waals surface area contributed by atoms with Crippen molar-refractivity contribution in [2.45, 2.75) is 58.0 Å². The number of hydrogen-bond donors (Lipinski definition) is 2. The van der Waals surface area contributed by atoms with Crippen molar-refractivity contribution in [1.82, 2.24) is 5.32 Å². The molecule has 2 heteroatoms. The van der Waals surface area contributed by atoms with E-state index in [4.69, 9.17) is 5.73 Å². The Hall–Kier alpha value is -0.860. The van der Waals surface area contributed by atoms with Gasteiger partial charge in [0.05, 0.1) is 0 Å². The molecule has 1 fully saturated rings. The molecule has 0 radical (unpaired) electrons. The Balaban J connectivity index is 1.64. The lowest BCUT2D eigenvalue weighted by Crippen LogP contribution is -2.39. The molecule has 0 aliphatic heterocycles. The molecule has 2 atom stereocenters. The van der Waals surface area contributed by atoms with Gasteiger partial charge in [-0.1, -0.05) is 44.2 Å². The second kappa shape index (κ2) is 6.53. The largest absolute Gasteiger partial charge is 0.327 e. The first-order valence-corrected chi connectivity index (χ1v) is 7.58. The van der Waals surface area contributed by atoms with Crippen LogP contribution >= 0.6 is 0 Å². The fraction of sp³-hybridized carbons (Fsp3) is 0.647. The lowest BCUT2D eigenvalue weighted by atomic mass is 9.92. The number of nitrogens with one attached hydrogen (secondary N) is 1. The number of rotatable bonds is 6. The average molecular weight is 260 g/mol. The highest BCUT2D eigenvalue weighted by Crippen LogP contribution is 2.36. The third-order valence-electron chi connectivity index (χ3n) is 4.28. The minimum atomic E-state index is 0.268. The van der Waals surface area contributed by atoms with Gasteiger partial charge in [0.15, 0.2) is 0 Å². The van der Waals surface area contributed by atoms with Crippen LogP contribution < -0.4 is 11.1 Å². The summed E-state index contributed by atoms with van der Waals surface area (Å²) in [6.07, 6.45) is 6.08. The molecule has 0 amide bonds. The molecule has 1 aliphatic carbocycles. The Kier molecular flexibility index (Phi) is 5.00. The van der Waals surface area contributed by atoms with Crippen molar-refractivity contribution in [1.29, 1.82) is 0 Å². The molecule has 19 heavy (non-hydrogen) atoms. The van der Waals surface area contributed by atoms with E-state index in [-0.39, 0.29) is 6.04 Å². The van der Waals surface area contributed by atoms with Gasteiger partial charge >= 0.3 is 0 Å². The van der Waals surface area contributed by atoms with Crippen LogP contribution in [0.5, 0.6) is 0 Å². The summed E-state index contributed by atoms with van der Waals surface area (Å²) in [5.74, 6) is 0. The monoisotopic (exact) mass is 260 g/mol. The van der Waals surface area contributed by atoms with Gasteiger partial charge in [-0.05, 0) is 43.1 Å². The summed E-state index contributed by atoms with van der Waals surface area (Å²) in [6, 6.07) is 11.6. The first kappa shape index (κ1) is 14.5. The summed E-state index contributed by atoms with van der Waals surface area (Å²) in [5, 5.41) is 3.65. The third kappa shape index (κ3) is 4.96. The Labute approximate surface area is 117 Å². The Morgan fingerprint density at radius 3 is 2.68 bits per heavy atom. The average Bonchev–Trinajstić information content (AvgIpc) is 2.75. The van der Waals surface area contributed by atoms with Gasteiger partial charge in [0.25, 0.3) is 0 Å². The highest BCUT2D eigenvalue weighted by molar-refractivity contribution is 5.14. The number of aryl methyl sites for hydroxylation is 1. The van der Waals surface area contributed by atoms with Gasteiger partial charge in [0.1, 0.15) is 0 Å². The van der Waals surface area contributed by atoms with Crippen LogP contribution in [0.25, 0.3) is 0 Å². The minimum absolute atomic E-state index is 0.268. The molecule has 0 saturated heterocycles. The van der Waals surface area contributed by atoms with E-state index in [0.29, 0.717) is 11.5 Å². The number of hydrogen-bond acceptors (Lipinski definition) is 2. The molecule has 0 aromatic heterocycles. The van der Waals surface area contributed by atoms with Crippen molar-refractivity contribution in [2.24, 2.45) is 11.1 Å². The van der Waals surface area contributed by atoms with Gasteiger partial charge in [-0.3, -0.25) is 0 Å². The summed E-state index contributed by atoms with van der Waals surface area (Å²) in [6.45, 7) is 5.68. The molecular weight excluding hydrogens is 232 g/mol. The van der Waals surface area contributed by atoms with E-state index < -0.39 is 0 Å². The first-order chi connectivity index (χ1) is 9.05. The Morgan fingerprint density at radius 1 is 1.32 bits per heavy atom. The zero-order chi connectivity index (χ0) is 13.7. The van der Waals surface area contributed by atoms with Gasteiger partial charge in [-0.15, -0.1) is 0 Å². The fourth-order valence-electron chi connectivity index (χ4n) is 3.03. The molecule has 1 saturated carbocycles. The maximum Gasteiger partial charge on any atom is 0.0168 e. The van der Waals surface area contributed by atoms with E-state index >= 15 is 0 Å². The van der Waals surface area contributed by atoms with E-state index in [9.17, 15) is 0 Å². The van der Waals surface area contributed by atoms with Crippen LogP contribution in [0.4, 0.5) is 0 Å². The van der Waals surface area contributed by atoms with Gasteiger partial charge in [0.2, 0.25) is 0 Å². The van der Waals surface area contributed by atoms with Crippen LogP contribution in [-0.2, 0) is 6.42 Å². The standard InChI is InChI=1S/C17H28N2/c1-17(2)11-10-16(12-17)19-13-15(18)9-8-14-6-4-3-5-7-14/h3-7,15-16,19H,8-13,18H2,1-2H3. The first-order valence-electron chi connectivity index (χ1n) is 7.58. The van der Waals surface area contributed by atoms with E-state index in [1.165, 1.54) is 24.8 Å². The number of benzene rings is 1. The molecule has 106 valence electrons. The van der Waals surface area contributed by atoms with Crippen LogP contribution in [-0.4, -0.2) is 18.6 Å². The van der Waals surface area contributed by atoms with Crippen molar-refractivity contribution in [3.05, 3.63) is 35.9 Å². The predicted molar refractivity (Wildman–Crippen MR) is 82.2 cm³/mol. The summed E-state index contributed by atoms with van der Waals surface area (Å²) in [5.41, 5.74) is 8.11. The molecule has 3 N–H and O–H groups in total. The predicted octanol–water partition coefficient (Wildman–Crippen LogP) is 3.11. The van der Waals surface area contributed by atoms with Crippen LogP contribution in [0.1, 0.15) is 45.1 Å².